The minimum atomic E-state index is -0.956. The van der Waals surface area contributed by atoms with Gasteiger partial charge in [-0.15, -0.1) is 0 Å². The molecule has 2 aromatic rings. The predicted octanol–water partition coefficient (Wildman–Crippen LogP) is 2.05. The number of carboxylic acid groups (broad SMARTS) is 1. The molecule has 0 radical (unpaired) electrons. The normalized spacial score (nSPS) is 10.3. The number of nitrogens with zero attached hydrogens (tertiary/aromatic N) is 1. The van der Waals surface area contributed by atoms with E-state index in [2.05, 4.69) is 9.97 Å². The molecule has 19 heavy (non-hydrogen) atoms. The molecule has 0 amide bonds. The summed E-state index contributed by atoms with van der Waals surface area (Å²) in [6.45, 7) is 0. The van der Waals surface area contributed by atoms with Crippen LogP contribution < -0.4 is 0 Å². The number of ketones is 1. The number of imidazole rings is 1. The average molecular weight is 258 g/mol. The number of rotatable bonds is 6. The van der Waals surface area contributed by atoms with Gasteiger partial charge in [-0.3, -0.25) is 9.59 Å². The zero-order valence-corrected chi connectivity index (χ0v) is 10.3. The van der Waals surface area contributed by atoms with E-state index in [1.54, 1.807) is 24.5 Å². The van der Waals surface area contributed by atoms with Crippen molar-refractivity contribution >= 4 is 11.8 Å². The molecule has 0 spiro atoms. The van der Waals surface area contributed by atoms with Crippen molar-refractivity contribution in [3.05, 3.63) is 53.6 Å². The van der Waals surface area contributed by atoms with Gasteiger partial charge in [0.2, 0.25) is 0 Å². The van der Waals surface area contributed by atoms with Crippen molar-refractivity contribution in [1.29, 1.82) is 0 Å². The molecule has 1 heterocycles. The molecule has 0 fully saturated rings. The Bertz CT molecular complexity index is 559. The van der Waals surface area contributed by atoms with Gasteiger partial charge < -0.3 is 10.1 Å². The third-order valence-electron chi connectivity index (χ3n) is 2.77. The van der Waals surface area contributed by atoms with E-state index in [1.165, 1.54) is 0 Å². The van der Waals surface area contributed by atoms with E-state index in [0.29, 0.717) is 12.0 Å². The van der Waals surface area contributed by atoms with Crippen LogP contribution in [-0.2, 0) is 11.2 Å². The van der Waals surface area contributed by atoms with Crippen molar-refractivity contribution in [3.8, 4) is 0 Å². The van der Waals surface area contributed by atoms with Crippen molar-refractivity contribution < 1.29 is 14.7 Å². The summed E-state index contributed by atoms with van der Waals surface area (Å²) < 4.78 is 0. The lowest BCUT2D eigenvalue weighted by Crippen LogP contribution is -2.04. The molecule has 0 saturated carbocycles. The number of hydrogen-bond acceptors (Lipinski definition) is 3. The monoisotopic (exact) mass is 258 g/mol. The van der Waals surface area contributed by atoms with Gasteiger partial charge in [0.15, 0.2) is 5.78 Å². The van der Waals surface area contributed by atoms with Gasteiger partial charge in [0.05, 0.1) is 6.42 Å². The van der Waals surface area contributed by atoms with Crippen molar-refractivity contribution in [3.63, 3.8) is 0 Å². The summed E-state index contributed by atoms with van der Waals surface area (Å²) >= 11 is 0. The lowest BCUT2D eigenvalue weighted by atomic mass is 10.0. The molecule has 5 nitrogen and oxygen atoms in total. The Balaban J connectivity index is 1.98. The first-order chi connectivity index (χ1) is 9.15. The summed E-state index contributed by atoms with van der Waals surface area (Å²) in [5.41, 5.74) is 1.59. The first kappa shape index (κ1) is 13.0. The highest BCUT2D eigenvalue weighted by Crippen LogP contribution is 2.10. The maximum atomic E-state index is 11.7. The van der Waals surface area contributed by atoms with E-state index >= 15 is 0 Å². The molecule has 98 valence electrons. The van der Waals surface area contributed by atoms with Crippen LogP contribution in [0.5, 0.6) is 0 Å². The Morgan fingerprint density at radius 3 is 2.47 bits per heavy atom. The van der Waals surface area contributed by atoms with Crippen LogP contribution in [0.3, 0.4) is 0 Å². The Morgan fingerprint density at radius 1 is 1.16 bits per heavy atom. The van der Waals surface area contributed by atoms with Crippen molar-refractivity contribution in [1.82, 2.24) is 9.97 Å². The Kier molecular flexibility index (Phi) is 4.07. The minimum Gasteiger partial charge on any atom is -0.481 e. The number of benzene rings is 1. The second-order valence-corrected chi connectivity index (χ2v) is 4.23. The van der Waals surface area contributed by atoms with Gasteiger partial charge >= 0.3 is 5.97 Å². The highest BCUT2D eigenvalue weighted by molar-refractivity contribution is 5.97. The number of carbonyl (C=O) groups excluding carboxylic acids is 1. The van der Waals surface area contributed by atoms with E-state index in [1.807, 2.05) is 12.1 Å². The fourth-order valence-electron chi connectivity index (χ4n) is 1.76. The van der Waals surface area contributed by atoms with Crippen LogP contribution in [0.1, 0.15) is 34.6 Å². The first-order valence-electron chi connectivity index (χ1n) is 5.97. The molecule has 1 aromatic heterocycles. The van der Waals surface area contributed by atoms with Gasteiger partial charge in [0.25, 0.3) is 0 Å². The smallest absolute Gasteiger partial charge is 0.303 e. The third kappa shape index (κ3) is 3.77. The van der Waals surface area contributed by atoms with Gasteiger partial charge in [0.1, 0.15) is 5.82 Å². The fraction of sp³-hybridized carbons (Fsp3) is 0.214. The quantitative estimate of drug-likeness (QED) is 0.777. The molecule has 0 bridgehead atoms. The lowest BCUT2D eigenvalue weighted by molar-refractivity contribution is -0.136. The number of aromatic nitrogens is 2. The van der Waals surface area contributed by atoms with Crippen molar-refractivity contribution in [2.45, 2.75) is 19.3 Å². The predicted molar refractivity (Wildman–Crippen MR) is 69.0 cm³/mol. The zero-order valence-electron chi connectivity index (χ0n) is 10.3. The van der Waals surface area contributed by atoms with E-state index in [9.17, 15) is 9.59 Å². The second-order valence-electron chi connectivity index (χ2n) is 4.23. The molecule has 0 aliphatic carbocycles. The molecule has 2 N–H and O–H groups in total. The van der Waals surface area contributed by atoms with E-state index in [0.717, 1.165) is 11.4 Å². The number of carboxylic acids is 1. The fourth-order valence-corrected chi connectivity index (χ4v) is 1.76. The Labute approximate surface area is 110 Å². The number of carbonyl (C=O) groups is 2. The second kappa shape index (κ2) is 5.95. The maximum absolute atomic E-state index is 11.7. The maximum Gasteiger partial charge on any atom is 0.303 e. The van der Waals surface area contributed by atoms with Crippen LogP contribution in [0.15, 0.2) is 36.7 Å². The van der Waals surface area contributed by atoms with Crippen LogP contribution in [0.2, 0.25) is 0 Å². The molecule has 1 aromatic carbocycles. The number of H-pyrrole nitrogens is 1. The van der Waals surface area contributed by atoms with Gasteiger partial charge in [-0.05, 0) is 5.56 Å². The van der Waals surface area contributed by atoms with Crippen molar-refractivity contribution in [2.75, 3.05) is 0 Å². The van der Waals surface area contributed by atoms with E-state index < -0.39 is 5.97 Å². The average Bonchev–Trinajstić information content (AvgIpc) is 2.89. The lowest BCUT2D eigenvalue weighted by Gasteiger charge is -2.02. The van der Waals surface area contributed by atoms with Crippen LogP contribution in [-0.4, -0.2) is 26.8 Å². The van der Waals surface area contributed by atoms with Gasteiger partial charge in [-0.1, -0.05) is 24.3 Å². The molecule has 2 rings (SSSR count). The minimum absolute atomic E-state index is 0.0346. The highest BCUT2D eigenvalue weighted by Gasteiger charge is 2.08. The van der Waals surface area contributed by atoms with Crippen LogP contribution in [0.4, 0.5) is 0 Å². The number of aliphatic carboxylic acids is 1. The molecule has 5 heteroatoms. The summed E-state index contributed by atoms with van der Waals surface area (Å²) in [6, 6.07) is 7.16. The molecular formula is C14H14N2O3. The first-order valence-corrected chi connectivity index (χ1v) is 5.97. The van der Waals surface area contributed by atoms with Gasteiger partial charge in [-0.2, -0.15) is 0 Å². The zero-order chi connectivity index (χ0) is 13.7. The number of hydrogen-bond donors (Lipinski definition) is 2. The van der Waals surface area contributed by atoms with Gasteiger partial charge in [-0.25, -0.2) is 4.98 Å². The third-order valence-corrected chi connectivity index (χ3v) is 2.77. The standard InChI is InChI=1S/C14H14N2O3/c17-12(5-6-14(18)19)11-3-1-10(2-4-11)9-13-15-7-8-16-13/h1-4,7-8H,5-6,9H2,(H,15,16)(H,18,19). The molecule has 0 aliphatic rings. The SMILES string of the molecule is O=C(O)CCC(=O)c1ccc(Cc2ncc[nH]2)cc1. The molecule has 0 saturated heterocycles. The summed E-state index contributed by atoms with van der Waals surface area (Å²) in [7, 11) is 0. The van der Waals surface area contributed by atoms with Crippen LogP contribution in [0.25, 0.3) is 0 Å². The summed E-state index contributed by atoms with van der Waals surface area (Å²) in [5.74, 6) is -0.236. The van der Waals surface area contributed by atoms with E-state index in [4.69, 9.17) is 5.11 Å². The summed E-state index contributed by atoms with van der Waals surface area (Å²) in [6.07, 6.45) is 4.04. The topological polar surface area (TPSA) is 83.0 Å². The molecular weight excluding hydrogens is 244 g/mol. The number of nitrogens with one attached hydrogen (secondary N) is 1. The molecule has 0 atom stereocenters. The van der Waals surface area contributed by atoms with E-state index in [-0.39, 0.29) is 18.6 Å². The largest absolute Gasteiger partial charge is 0.481 e. The highest BCUT2D eigenvalue weighted by atomic mass is 16.4. The van der Waals surface area contributed by atoms with Crippen LogP contribution >= 0.6 is 0 Å². The molecule has 0 unspecified atom stereocenters. The number of Topliss-reactive ketones (excluding diaryl/α,β-unsaturated/α-hetero) is 1. The Morgan fingerprint density at radius 2 is 1.89 bits per heavy atom. The van der Waals surface area contributed by atoms with Crippen LogP contribution in [0, 0.1) is 0 Å². The van der Waals surface area contributed by atoms with Crippen molar-refractivity contribution in [2.24, 2.45) is 0 Å². The molecule has 0 aliphatic heterocycles. The van der Waals surface area contributed by atoms with Gasteiger partial charge in [0, 0.05) is 30.8 Å². The summed E-state index contributed by atoms with van der Waals surface area (Å²) in [5, 5.41) is 8.53. The number of aromatic amines is 1. The Hall–Kier alpha value is -2.43. The summed E-state index contributed by atoms with van der Waals surface area (Å²) in [4.78, 5) is 29.2.